The molecule has 1 aliphatic rings. The molecule has 2 atom stereocenters. The van der Waals surface area contributed by atoms with Crippen LogP contribution in [0.4, 0.5) is 0 Å². The number of amides is 1. The van der Waals surface area contributed by atoms with E-state index in [-0.39, 0.29) is 18.1 Å². The fourth-order valence-corrected chi connectivity index (χ4v) is 3.64. The lowest BCUT2D eigenvalue weighted by Gasteiger charge is -2.37. The van der Waals surface area contributed by atoms with Gasteiger partial charge >= 0.3 is 0 Å². The number of nitriles is 1. The van der Waals surface area contributed by atoms with Crippen LogP contribution in [0.3, 0.4) is 0 Å². The number of likely N-dealkylation sites (tertiary alicyclic amines) is 1. The second-order valence-electron chi connectivity index (χ2n) is 6.91. The summed E-state index contributed by atoms with van der Waals surface area (Å²) in [5.41, 5.74) is 2.32. The van der Waals surface area contributed by atoms with Crippen LogP contribution >= 0.6 is 0 Å². The maximum Gasteiger partial charge on any atom is 0.246 e. The zero-order valence-corrected chi connectivity index (χ0v) is 16.2. The third kappa shape index (κ3) is 4.17. The van der Waals surface area contributed by atoms with Crippen LogP contribution < -0.4 is 9.47 Å². The smallest absolute Gasteiger partial charge is 0.246 e. The Hall–Kier alpha value is -3.26. The highest BCUT2D eigenvalue weighted by Gasteiger charge is 2.28. The quantitative estimate of drug-likeness (QED) is 0.735. The van der Waals surface area contributed by atoms with E-state index in [1.807, 2.05) is 48.2 Å². The predicted octanol–water partition coefficient (Wildman–Crippen LogP) is 4.18. The summed E-state index contributed by atoms with van der Waals surface area (Å²) in [6, 6.07) is 15.5. The first-order valence-corrected chi connectivity index (χ1v) is 9.34. The van der Waals surface area contributed by atoms with Crippen molar-refractivity contribution in [3.05, 3.63) is 60.7 Å². The molecule has 1 heterocycles. The highest BCUT2D eigenvalue weighted by Crippen LogP contribution is 2.34. The first-order valence-electron chi connectivity index (χ1n) is 9.34. The molecule has 5 nitrogen and oxygen atoms in total. The van der Waals surface area contributed by atoms with Gasteiger partial charge in [-0.3, -0.25) is 4.79 Å². The van der Waals surface area contributed by atoms with Crippen molar-refractivity contribution in [1.82, 2.24) is 4.90 Å². The van der Waals surface area contributed by atoms with Crippen molar-refractivity contribution in [3.8, 4) is 28.7 Å². The number of rotatable bonds is 5. The Morgan fingerprint density at radius 1 is 1.32 bits per heavy atom. The van der Waals surface area contributed by atoms with Crippen molar-refractivity contribution in [1.29, 1.82) is 5.26 Å². The third-order valence-corrected chi connectivity index (χ3v) is 5.04. The molecule has 1 aliphatic heterocycles. The molecular weight excluding hydrogens is 352 g/mol. The van der Waals surface area contributed by atoms with Gasteiger partial charge in [-0.25, -0.2) is 0 Å². The van der Waals surface area contributed by atoms with Crippen molar-refractivity contribution in [2.24, 2.45) is 0 Å². The van der Waals surface area contributed by atoms with Crippen molar-refractivity contribution < 1.29 is 14.3 Å². The number of piperidine rings is 1. The van der Waals surface area contributed by atoms with Crippen molar-refractivity contribution in [2.45, 2.75) is 31.9 Å². The minimum Gasteiger partial charge on any atom is -0.496 e. The average Bonchev–Trinajstić information content (AvgIpc) is 2.73. The molecule has 0 saturated carbocycles. The molecule has 0 spiro atoms. The predicted molar refractivity (Wildman–Crippen MR) is 108 cm³/mol. The van der Waals surface area contributed by atoms with E-state index in [4.69, 9.17) is 9.47 Å². The molecule has 0 unspecified atom stereocenters. The van der Waals surface area contributed by atoms with Gasteiger partial charge in [0.15, 0.2) is 0 Å². The van der Waals surface area contributed by atoms with E-state index in [1.165, 1.54) is 6.08 Å². The Balaban J connectivity index is 1.83. The molecular formula is C23H24N2O3. The lowest BCUT2D eigenvalue weighted by Crippen LogP contribution is -2.46. The summed E-state index contributed by atoms with van der Waals surface area (Å²) in [4.78, 5) is 13.7. The minimum absolute atomic E-state index is 0.0108. The summed E-state index contributed by atoms with van der Waals surface area (Å²) in [5, 5.41) is 9.44. The topological polar surface area (TPSA) is 62.6 Å². The summed E-state index contributed by atoms with van der Waals surface area (Å²) < 4.78 is 11.7. The van der Waals surface area contributed by atoms with Crippen LogP contribution in [-0.2, 0) is 4.79 Å². The molecule has 144 valence electrons. The van der Waals surface area contributed by atoms with Crippen LogP contribution in [0.2, 0.25) is 0 Å². The van der Waals surface area contributed by atoms with Crippen LogP contribution in [0.1, 0.15) is 25.3 Å². The molecule has 2 aromatic rings. The zero-order chi connectivity index (χ0) is 20.1. The fourth-order valence-electron chi connectivity index (χ4n) is 3.64. The lowest BCUT2D eigenvalue weighted by atomic mass is 9.99. The van der Waals surface area contributed by atoms with Crippen LogP contribution in [0.15, 0.2) is 55.1 Å². The molecule has 0 bridgehead atoms. The number of carbonyl (C=O) groups is 1. The summed E-state index contributed by atoms with van der Waals surface area (Å²) in [6.45, 7) is 6.22. The summed E-state index contributed by atoms with van der Waals surface area (Å²) in [7, 11) is 1.63. The van der Waals surface area contributed by atoms with E-state index in [1.54, 1.807) is 13.2 Å². The third-order valence-electron chi connectivity index (χ3n) is 5.04. The van der Waals surface area contributed by atoms with E-state index in [9.17, 15) is 10.1 Å². The van der Waals surface area contributed by atoms with Gasteiger partial charge in [0, 0.05) is 31.0 Å². The fraction of sp³-hybridized carbons (Fsp3) is 0.304. The molecule has 1 saturated heterocycles. The van der Waals surface area contributed by atoms with E-state index >= 15 is 0 Å². The molecule has 3 rings (SSSR count). The molecule has 2 aromatic carbocycles. The van der Waals surface area contributed by atoms with Gasteiger partial charge in [-0.05, 0) is 42.8 Å². The van der Waals surface area contributed by atoms with Crippen molar-refractivity contribution in [3.63, 3.8) is 0 Å². The number of nitrogens with zero attached hydrogens (tertiary/aromatic N) is 2. The Morgan fingerprint density at radius 2 is 2.11 bits per heavy atom. The van der Waals surface area contributed by atoms with E-state index in [0.717, 1.165) is 29.7 Å². The number of hydrogen-bond donors (Lipinski definition) is 0. The van der Waals surface area contributed by atoms with Gasteiger partial charge in [0.25, 0.3) is 0 Å². The van der Waals surface area contributed by atoms with Crippen LogP contribution in [0.5, 0.6) is 11.5 Å². The first-order chi connectivity index (χ1) is 13.5. The number of methoxy groups -OCH3 is 1. The number of para-hydroxylation sites is 1. The van der Waals surface area contributed by atoms with Gasteiger partial charge in [0.2, 0.25) is 5.91 Å². The monoisotopic (exact) mass is 376 g/mol. The van der Waals surface area contributed by atoms with Gasteiger partial charge in [0.1, 0.15) is 17.6 Å². The average molecular weight is 376 g/mol. The highest BCUT2D eigenvalue weighted by atomic mass is 16.5. The van der Waals surface area contributed by atoms with Crippen LogP contribution in [-0.4, -0.2) is 36.6 Å². The molecule has 1 amide bonds. The summed E-state index contributed by atoms with van der Waals surface area (Å²) in [5.74, 6) is 1.35. The Kier molecular flexibility index (Phi) is 6.00. The second kappa shape index (κ2) is 8.62. The number of benzene rings is 2. The first kappa shape index (κ1) is 19.5. The standard InChI is InChI=1S/C23H24N2O3/c1-4-23(26)25-10-9-19(11-16(25)2)28-20-13-17(15-24)12-18(14-20)21-7-5-6-8-22(21)27-3/h4-8,12-14,16,19H,1,9-11H2,2-3H3/t16-,19-/m0/s1. The SMILES string of the molecule is C=CC(=O)N1CC[C@H](Oc2cc(C#N)cc(-c3ccccc3OC)c2)C[C@@H]1C. The van der Waals surface area contributed by atoms with Gasteiger partial charge < -0.3 is 14.4 Å². The Labute approximate surface area is 165 Å². The summed E-state index contributed by atoms with van der Waals surface area (Å²) >= 11 is 0. The molecule has 0 radical (unpaired) electrons. The highest BCUT2D eigenvalue weighted by molar-refractivity contribution is 5.87. The molecule has 1 fully saturated rings. The van der Waals surface area contributed by atoms with Gasteiger partial charge in [-0.1, -0.05) is 24.8 Å². The number of ether oxygens (including phenoxy) is 2. The normalized spacial score (nSPS) is 18.8. The summed E-state index contributed by atoms with van der Waals surface area (Å²) in [6.07, 6.45) is 2.82. The lowest BCUT2D eigenvalue weighted by molar-refractivity contribution is -0.130. The van der Waals surface area contributed by atoms with E-state index in [2.05, 4.69) is 12.6 Å². The molecule has 0 N–H and O–H groups in total. The van der Waals surface area contributed by atoms with Crippen LogP contribution in [0.25, 0.3) is 11.1 Å². The van der Waals surface area contributed by atoms with Gasteiger partial charge in [-0.2, -0.15) is 5.26 Å². The van der Waals surface area contributed by atoms with Crippen LogP contribution in [0, 0.1) is 11.3 Å². The van der Waals surface area contributed by atoms with Crippen molar-refractivity contribution in [2.75, 3.05) is 13.7 Å². The number of hydrogen-bond acceptors (Lipinski definition) is 4. The molecule has 28 heavy (non-hydrogen) atoms. The second-order valence-corrected chi connectivity index (χ2v) is 6.91. The molecule has 0 aromatic heterocycles. The molecule has 5 heteroatoms. The number of carbonyl (C=O) groups excluding carboxylic acids is 1. The maximum absolute atomic E-state index is 11.9. The molecule has 0 aliphatic carbocycles. The van der Waals surface area contributed by atoms with E-state index in [0.29, 0.717) is 17.9 Å². The zero-order valence-electron chi connectivity index (χ0n) is 16.2. The largest absolute Gasteiger partial charge is 0.496 e. The van der Waals surface area contributed by atoms with Gasteiger partial charge in [0.05, 0.1) is 18.7 Å². The Bertz CT molecular complexity index is 916. The van der Waals surface area contributed by atoms with Crippen molar-refractivity contribution >= 4 is 5.91 Å². The minimum atomic E-state index is -0.0455. The van der Waals surface area contributed by atoms with Gasteiger partial charge in [-0.15, -0.1) is 0 Å². The maximum atomic E-state index is 11.9. The van der Waals surface area contributed by atoms with E-state index < -0.39 is 0 Å². The Morgan fingerprint density at radius 3 is 2.79 bits per heavy atom.